The minimum atomic E-state index is -0.0905. The first-order chi connectivity index (χ1) is 12.0. The van der Waals surface area contributed by atoms with Crippen LogP contribution in [0.25, 0.3) is 0 Å². The van der Waals surface area contributed by atoms with Gasteiger partial charge in [-0.05, 0) is 48.7 Å². The molecule has 0 atom stereocenters. The number of methoxy groups -OCH3 is 1. The lowest BCUT2D eigenvalue weighted by Gasteiger charge is -2.13. The van der Waals surface area contributed by atoms with E-state index in [9.17, 15) is 4.79 Å². The molecule has 0 heterocycles. The van der Waals surface area contributed by atoms with E-state index in [2.05, 4.69) is 19.2 Å². The number of rotatable bonds is 8. The molecule has 134 valence electrons. The molecule has 0 aliphatic carbocycles. The van der Waals surface area contributed by atoms with Gasteiger partial charge in [-0.3, -0.25) is 4.79 Å². The summed E-state index contributed by atoms with van der Waals surface area (Å²) in [6.07, 6.45) is 0.951. The van der Waals surface area contributed by atoms with E-state index in [0.29, 0.717) is 34.5 Å². The summed E-state index contributed by atoms with van der Waals surface area (Å²) in [7, 11) is 1.60. The minimum Gasteiger partial charge on any atom is -0.496 e. The number of nitrogens with one attached hydrogen (secondary N) is 1. The van der Waals surface area contributed by atoms with E-state index in [1.807, 2.05) is 12.1 Å². The predicted octanol–water partition coefficient (Wildman–Crippen LogP) is 4.70. The maximum absolute atomic E-state index is 12.3. The van der Waals surface area contributed by atoms with Crippen molar-refractivity contribution in [2.45, 2.75) is 26.9 Å². The molecule has 1 N–H and O–H groups in total. The van der Waals surface area contributed by atoms with Crippen LogP contribution in [-0.4, -0.2) is 19.6 Å². The summed E-state index contributed by atoms with van der Waals surface area (Å²) in [5.41, 5.74) is 1.40. The lowest BCUT2D eigenvalue weighted by molar-refractivity contribution is 0.0952. The van der Waals surface area contributed by atoms with Crippen molar-refractivity contribution in [1.82, 2.24) is 5.32 Å². The molecule has 2 aromatic rings. The Kier molecular flexibility index (Phi) is 7.14. The van der Waals surface area contributed by atoms with Gasteiger partial charge in [0.15, 0.2) is 0 Å². The molecular weight excluding hydrogens is 338 g/mol. The van der Waals surface area contributed by atoms with Crippen LogP contribution < -0.4 is 14.8 Å². The molecule has 2 rings (SSSR count). The Morgan fingerprint density at radius 1 is 1.20 bits per heavy atom. The van der Waals surface area contributed by atoms with Crippen LogP contribution in [0, 0.1) is 5.92 Å². The van der Waals surface area contributed by atoms with Crippen LogP contribution in [-0.2, 0) is 6.61 Å². The molecule has 1 amide bonds. The molecule has 0 saturated heterocycles. The van der Waals surface area contributed by atoms with Crippen molar-refractivity contribution in [2.24, 2.45) is 5.92 Å². The fourth-order valence-corrected chi connectivity index (χ4v) is 2.51. The van der Waals surface area contributed by atoms with E-state index in [1.165, 1.54) is 0 Å². The van der Waals surface area contributed by atoms with Crippen LogP contribution >= 0.6 is 11.6 Å². The lowest BCUT2D eigenvalue weighted by Crippen LogP contribution is -2.25. The van der Waals surface area contributed by atoms with Crippen molar-refractivity contribution >= 4 is 17.5 Å². The van der Waals surface area contributed by atoms with Gasteiger partial charge >= 0.3 is 0 Å². The molecule has 4 nitrogen and oxygen atoms in total. The van der Waals surface area contributed by atoms with Crippen molar-refractivity contribution in [2.75, 3.05) is 13.7 Å². The highest BCUT2D eigenvalue weighted by Crippen LogP contribution is 2.23. The van der Waals surface area contributed by atoms with Crippen molar-refractivity contribution in [3.05, 3.63) is 58.6 Å². The van der Waals surface area contributed by atoms with Crippen molar-refractivity contribution < 1.29 is 14.3 Å². The first kappa shape index (κ1) is 19.1. The van der Waals surface area contributed by atoms with Gasteiger partial charge in [-0.1, -0.05) is 31.5 Å². The van der Waals surface area contributed by atoms with Gasteiger partial charge in [0.05, 0.1) is 7.11 Å². The molecule has 0 aliphatic rings. The third-order valence-corrected chi connectivity index (χ3v) is 3.98. The van der Waals surface area contributed by atoms with Crippen molar-refractivity contribution in [3.63, 3.8) is 0 Å². The quantitative estimate of drug-likeness (QED) is 0.741. The molecule has 0 fully saturated rings. The molecule has 0 saturated carbocycles. The van der Waals surface area contributed by atoms with E-state index < -0.39 is 0 Å². The Hall–Kier alpha value is -2.20. The molecule has 0 bridgehead atoms. The van der Waals surface area contributed by atoms with E-state index in [0.717, 1.165) is 12.0 Å². The molecule has 0 aromatic heterocycles. The zero-order valence-electron chi connectivity index (χ0n) is 14.8. The van der Waals surface area contributed by atoms with Crippen LogP contribution in [0.4, 0.5) is 0 Å². The molecule has 5 heteroatoms. The fourth-order valence-electron chi connectivity index (χ4n) is 2.33. The summed E-state index contributed by atoms with van der Waals surface area (Å²) in [4.78, 5) is 12.3. The summed E-state index contributed by atoms with van der Waals surface area (Å²) in [5, 5.41) is 3.55. The average molecular weight is 362 g/mol. The van der Waals surface area contributed by atoms with Crippen LogP contribution in [0.1, 0.15) is 36.2 Å². The zero-order chi connectivity index (χ0) is 18.2. The molecule has 0 spiro atoms. The number of halogens is 1. The normalized spacial score (nSPS) is 10.6. The highest BCUT2D eigenvalue weighted by atomic mass is 35.5. The van der Waals surface area contributed by atoms with E-state index in [4.69, 9.17) is 21.1 Å². The number of hydrogen-bond acceptors (Lipinski definition) is 3. The van der Waals surface area contributed by atoms with Crippen molar-refractivity contribution in [3.8, 4) is 11.5 Å². The summed E-state index contributed by atoms with van der Waals surface area (Å²) in [5.74, 6) is 1.81. The Morgan fingerprint density at radius 3 is 2.68 bits per heavy atom. The second-order valence-electron chi connectivity index (χ2n) is 6.21. The monoisotopic (exact) mass is 361 g/mol. The number of amides is 1. The van der Waals surface area contributed by atoms with E-state index in [1.54, 1.807) is 37.4 Å². The summed E-state index contributed by atoms with van der Waals surface area (Å²) >= 11 is 5.96. The predicted molar refractivity (Wildman–Crippen MR) is 101 cm³/mol. The van der Waals surface area contributed by atoms with Crippen LogP contribution in [0.15, 0.2) is 42.5 Å². The van der Waals surface area contributed by atoms with Gasteiger partial charge in [0.25, 0.3) is 5.91 Å². The lowest BCUT2D eigenvalue weighted by atomic mass is 10.1. The Labute approximate surface area is 154 Å². The maximum Gasteiger partial charge on any atom is 0.251 e. The van der Waals surface area contributed by atoms with Crippen molar-refractivity contribution in [1.29, 1.82) is 0 Å². The average Bonchev–Trinajstić information content (AvgIpc) is 2.59. The van der Waals surface area contributed by atoms with Gasteiger partial charge in [0, 0.05) is 22.7 Å². The van der Waals surface area contributed by atoms with Crippen LogP contribution in [0.2, 0.25) is 5.02 Å². The van der Waals surface area contributed by atoms with E-state index >= 15 is 0 Å². The SMILES string of the molecule is COc1ccc(C(=O)NCCC(C)C)cc1COc1cccc(Cl)c1. The number of benzene rings is 2. The standard InChI is InChI=1S/C20H24ClNO3/c1-14(2)9-10-22-20(23)15-7-8-19(24-3)16(11-15)13-25-18-6-4-5-17(21)12-18/h4-8,11-12,14H,9-10,13H2,1-3H3,(H,22,23). The molecule has 0 radical (unpaired) electrons. The van der Waals surface area contributed by atoms with Gasteiger partial charge in [-0.15, -0.1) is 0 Å². The fraction of sp³-hybridized carbons (Fsp3) is 0.350. The number of hydrogen-bond donors (Lipinski definition) is 1. The second kappa shape index (κ2) is 9.33. The summed E-state index contributed by atoms with van der Waals surface area (Å²) in [6.45, 7) is 5.21. The number of ether oxygens (including phenoxy) is 2. The highest BCUT2D eigenvalue weighted by molar-refractivity contribution is 6.30. The van der Waals surface area contributed by atoms with Gasteiger partial charge in [-0.25, -0.2) is 0 Å². The molecule has 0 aliphatic heterocycles. The third-order valence-electron chi connectivity index (χ3n) is 3.74. The molecule has 0 unspecified atom stereocenters. The molecule has 2 aromatic carbocycles. The van der Waals surface area contributed by atoms with Gasteiger partial charge in [0.2, 0.25) is 0 Å². The van der Waals surface area contributed by atoms with Gasteiger partial charge < -0.3 is 14.8 Å². The van der Waals surface area contributed by atoms with E-state index in [-0.39, 0.29) is 12.5 Å². The first-order valence-electron chi connectivity index (χ1n) is 8.33. The Bertz CT molecular complexity index is 716. The minimum absolute atomic E-state index is 0.0905. The smallest absolute Gasteiger partial charge is 0.251 e. The summed E-state index contributed by atoms with van der Waals surface area (Å²) < 4.78 is 11.1. The number of carbonyl (C=O) groups is 1. The Morgan fingerprint density at radius 2 is 2.00 bits per heavy atom. The molecular formula is C20H24ClNO3. The highest BCUT2D eigenvalue weighted by Gasteiger charge is 2.11. The molecule has 25 heavy (non-hydrogen) atoms. The second-order valence-corrected chi connectivity index (χ2v) is 6.65. The Balaban J connectivity index is 2.07. The first-order valence-corrected chi connectivity index (χ1v) is 8.71. The van der Waals surface area contributed by atoms with Crippen LogP contribution in [0.3, 0.4) is 0 Å². The zero-order valence-corrected chi connectivity index (χ0v) is 15.6. The number of carbonyl (C=O) groups excluding carboxylic acids is 1. The third kappa shape index (κ3) is 5.98. The largest absolute Gasteiger partial charge is 0.496 e. The van der Waals surface area contributed by atoms with Gasteiger partial charge in [-0.2, -0.15) is 0 Å². The maximum atomic E-state index is 12.3. The van der Waals surface area contributed by atoms with Crippen LogP contribution in [0.5, 0.6) is 11.5 Å². The van der Waals surface area contributed by atoms with Gasteiger partial charge in [0.1, 0.15) is 18.1 Å². The topological polar surface area (TPSA) is 47.6 Å². The summed E-state index contributed by atoms with van der Waals surface area (Å²) in [6, 6.07) is 12.5.